The Morgan fingerprint density at radius 2 is 2.15 bits per heavy atom. The minimum absolute atomic E-state index is 0.114. The summed E-state index contributed by atoms with van der Waals surface area (Å²) >= 11 is 4.95. The second kappa shape index (κ2) is 8.42. The van der Waals surface area contributed by atoms with Gasteiger partial charge in [0.25, 0.3) is 5.91 Å². The van der Waals surface area contributed by atoms with Crippen LogP contribution in [0.3, 0.4) is 0 Å². The molecular weight excluding hydrogens is 414 g/mol. The molecule has 0 atom stereocenters. The minimum Gasteiger partial charge on any atom is -0.487 e. The number of carbonyl (C=O) groups excluding carboxylic acids is 1. The summed E-state index contributed by atoms with van der Waals surface area (Å²) < 4.78 is 6.66. The maximum absolute atomic E-state index is 12.9. The van der Waals surface area contributed by atoms with Gasteiger partial charge in [-0.05, 0) is 60.1 Å². The lowest BCUT2D eigenvalue weighted by Crippen LogP contribution is -2.31. The summed E-state index contributed by atoms with van der Waals surface area (Å²) in [7, 11) is 0. The molecule has 3 rings (SSSR count). The van der Waals surface area contributed by atoms with Gasteiger partial charge in [0.15, 0.2) is 0 Å². The number of benzene rings is 1. The quantitative estimate of drug-likeness (QED) is 0.559. The fraction of sp³-hybridized carbons (Fsp3) is 0.211. The van der Waals surface area contributed by atoms with E-state index in [9.17, 15) is 4.79 Å². The number of anilines is 1. The number of hydrogen-bond acceptors (Lipinski definition) is 5. The Balaban J connectivity index is 1.75. The van der Waals surface area contributed by atoms with Crippen molar-refractivity contribution in [3.05, 3.63) is 68.7 Å². The number of halogens is 1. The van der Waals surface area contributed by atoms with Gasteiger partial charge >= 0.3 is 0 Å². The molecule has 0 saturated heterocycles. The van der Waals surface area contributed by atoms with Gasteiger partial charge in [-0.15, -0.1) is 11.3 Å². The van der Waals surface area contributed by atoms with Gasteiger partial charge in [0, 0.05) is 28.2 Å². The molecule has 0 aliphatic heterocycles. The highest BCUT2D eigenvalue weighted by atomic mass is 79.9. The fourth-order valence-electron chi connectivity index (χ4n) is 2.44. The van der Waals surface area contributed by atoms with Gasteiger partial charge in [-0.1, -0.05) is 6.07 Å². The summed E-state index contributed by atoms with van der Waals surface area (Å²) in [5.41, 5.74) is 1.45. The van der Waals surface area contributed by atoms with E-state index in [0.29, 0.717) is 30.3 Å². The molecule has 0 N–H and O–H groups in total. The Bertz CT molecular complexity index is 896. The van der Waals surface area contributed by atoms with Crippen LogP contribution < -0.4 is 9.64 Å². The first kappa shape index (κ1) is 18.5. The number of pyridine rings is 1. The van der Waals surface area contributed by atoms with E-state index in [1.165, 1.54) is 0 Å². The fourth-order valence-corrected chi connectivity index (χ4v) is 3.28. The summed E-state index contributed by atoms with van der Waals surface area (Å²) in [4.78, 5) is 23.2. The number of aromatic nitrogens is 2. The summed E-state index contributed by atoms with van der Waals surface area (Å²) in [6.45, 7) is 4.79. The standard InChI is InChI=1S/C19H18BrN3O2S/c1-3-23(18-8-7-15(20)10-21-18)19(24)14-5-4-6-17(9-14)25-11-16-12-26-13(2)22-16/h4-10,12H,3,11H2,1-2H3. The predicted octanol–water partition coefficient (Wildman–Crippen LogP) is 4.85. The lowest BCUT2D eigenvalue weighted by Gasteiger charge is -2.20. The predicted molar refractivity (Wildman–Crippen MR) is 107 cm³/mol. The third-order valence-corrected chi connectivity index (χ3v) is 4.98. The number of nitrogens with zero attached hydrogens (tertiary/aromatic N) is 3. The molecule has 1 amide bonds. The molecule has 26 heavy (non-hydrogen) atoms. The molecule has 2 heterocycles. The third-order valence-electron chi connectivity index (χ3n) is 3.68. The Morgan fingerprint density at radius 3 is 2.81 bits per heavy atom. The normalized spacial score (nSPS) is 10.6. The van der Waals surface area contributed by atoms with E-state index < -0.39 is 0 Å². The average Bonchev–Trinajstić information content (AvgIpc) is 3.07. The second-order valence-corrected chi connectivity index (χ2v) is 7.54. The number of rotatable bonds is 6. The van der Waals surface area contributed by atoms with E-state index in [1.54, 1.807) is 34.6 Å². The van der Waals surface area contributed by atoms with Crippen molar-refractivity contribution in [1.82, 2.24) is 9.97 Å². The van der Waals surface area contributed by atoms with Crippen LogP contribution in [0.4, 0.5) is 5.82 Å². The van der Waals surface area contributed by atoms with E-state index in [0.717, 1.165) is 15.2 Å². The maximum Gasteiger partial charge on any atom is 0.259 e. The molecule has 0 spiro atoms. The van der Waals surface area contributed by atoms with Crippen molar-refractivity contribution in [1.29, 1.82) is 0 Å². The molecule has 7 heteroatoms. The Labute approximate surface area is 164 Å². The van der Waals surface area contributed by atoms with Crippen molar-refractivity contribution >= 4 is 39.0 Å². The van der Waals surface area contributed by atoms with Crippen molar-refractivity contribution in [3.8, 4) is 5.75 Å². The molecule has 1 aromatic carbocycles. The van der Waals surface area contributed by atoms with Crippen molar-refractivity contribution in [2.24, 2.45) is 0 Å². The lowest BCUT2D eigenvalue weighted by atomic mass is 10.2. The van der Waals surface area contributed by atoms with Gasteiger partial charge in [0.2, 0.25) is 0 Å². The highest BCUT2D eigenvalue weighted by Gasteiger charge is 2.17. The van der Waals surface area contributed by atoms with E-state index in [1.807, 2.05) is 43.5 Å². The number of aryl methyl sites for hydroxylation is 1. The average molecular weight is 432 g/mol. The topological polar surface area (TPSA) is 55.3 Å². The van der Waals surface area contributed by atoms with Crippen LogP contribution in [0.15, 0.2) is 52.4 Å². The van der Waals surface area contributed by atoms with E-state index in [4.69, 9.17) is 4.74 Å². The zero-order valence-corrected chi connectivity index (χ0v) is 16.9. The summed E-state index contributed by atoms with van der Waals surface area (Å²) in [5.74, 6) is 1.14. The monoisotopic (exact) mass is 431 g/mol. The third kappa shape index (κ3) is 4.47. The van der Waals surface area contributed by atoms with E-state index in [-0.39, 0.29) is 5.91 Å². The van der Waals surface area contributed by atoms with Crippen LogP contribution in [0.2, 0.25) is 0 Å². The van der Waals surface area contributed by atoms with E-state index >= 15 is 0 Å². The molecular formula is C19H18BrN3O2S. The van der Waals surface area contributed by atoms with Gasteiger partial charge < -0.3 is 4.74 Å². The molecule has 0 radical (unpaired) electrons. The Kier molecular flexibility index (Phi) is 6.00. The molecule has 0 aliphatic rings. The van der Waals surface area contributed by atoms with E-state index in [2.05, 4.69) is 25.9 Å². The zero-order valence-electron chi connectivity index (χ0n) is 14.5. The first-order valence-corrected chi connectivity index (χ1v) is 9.81. The minimum atomic E-state index is -0.114. The van der Waals surface area contributed by atoms with Crippen molar-refractivity contribution in [2.75, 3.05) is 11.4 Å². The molecule has 0 bridgehead atoms. The van der Waals surface area contributed by atoms with Crippen LogP contribution >= 0.6 is 27.3 Å². The van der Waals surface area contributed by atoms with Crippen LogP contribution in [0, 0.1) is 6.92 Å². The molecule has 0 unspecified atom stereocenters. The lowest BCUT2D eigenvalue weighted by molar-refractivity contribution is 0.0987. The number of hydrogen-bond donors (Lipinski definition) is 0. The number of ether oxygens (including phenoxy) is 1. The molecule has 0 aliphatic carbocycles. The smallest absolute Gasteiger partial charge is 0.259 e. The molecule has 3 aromatic rings. The van der Waals surface area contributed by atoms with Crippen LogP contribution in [-0.2, 0) is 6.61 Å². The van der Waals surface area contributed by atoms with Crippen molar-refractivity contribution in [3.63, 3.8) is 0 Å². The highest BCUT2D eigenvalue weighted by Crippen LogP contribution is 2.21. The maximum atomic E-state index is 12.9. The SMILES string of the molecule is CCN(C(=O)c1cccc(OCc2csc(C)n2)c1)c1ccc(Br)cn1. The molecule has 2 aromatic heterocycles. The molecule has 0 fully saturated rings. The van der Waals surface area contributed by atoms with Crippen LogP contribution in [0.25, 0.3) is 0 Å². The van der Waals surface area contributed by atoms with Crippen molar-refractivity contribution in [2.45, 2.75) is 20.5 Å². The van der Waals surface area contributed by atoms with Gasteiger partial charge in [-0.25, -0.2) is 9.97 Å². The Hall–Kier alpha value is -2.25. The van der Waals surface area contributed by atoms with Crippen LogP contribution in [0.1, 0.15) is 28.0 Å². The summed E-state index contributed by atoms with van der Waals surface area (Å²) in [6, 6.07) is 10.9. The van der Waals surface area contributed by atoms with Gasteiger partial charge in [0.05, 0.1) is 10.7 Å². The molecule has 0 saturated carbocycles. The zero-order chi connectivity index (χ0) is 18.5. The number of carbonyl (C=O) groups is 1. The van der Waals surface area contributed by atoms with Crippen LogP contribution in [-0.4, -0.2) is 22.4 Å². The highest BCUT2D eigenvalue weighted by molar-refractivity contribution is 9.10. The molecule has 134 valence electrons. The largest absolute Gasteiger partial charge is 0.487 e. The van der Waals surface area contributed by atoms with Crippen molar-refractivity contribution < 1.29 is 9.53 Å². The number of amides is 1. The number of thiazole rings is 1. The van der Waals surface area contributed by atoms with Gasteiger partial charge in [-0.2, -0.15) is 0 Å². The molecule has 5 nitrogen and oxygen atoms in total. The van der Waals surface area contributed by atoms with Crippen LogP contribution in [0.5, 0.6) is 5.75 Å². The van der Waals surface area contributed by atoms with Gasteiger partial charge in [0.1, 0.15) is 18.2 Å². The first-order valence-electron chi connectivity index (χ1n) is 8.14. The second-order valence-electron chi connectivity index (χ2n) is 5.56. The first-order chi connectivity index (χ1) is 12.6. The summed E-state index contributed by atoms with van der Waals surface area (Å²) in [5, 5.41) is 2.98. The van der Waals surface area contributed by atoms with Gasteiger partial charge in [-0.3, -0.25) is 9.69 Å². The Morgan fingerprint density at radius 1 is 1.31 bits per heavy atom. The summed E-state index contributed by atoms with van der Waals surface area (Å²) in [6.07, 6.45) is 1.68.